The van der Waals surface area contributed by atoms with Crippen molar-refractivity contribution in [3.05, 3.63) is 35.9 Å². The third-order valence-corrected chi connectivity index (χ3v) is 1.97. The van der Waals surface area contributed by atoms with Gasteiger partial charge in [-0.05, 0) is 12.0 Å². The number of benzene rings is 1. The molecule has 0 fully saturated rings. The molecular formula is C11H14N2O3. The molecule has 0 aromatic heterocycles. The molecule has 86 valence electrons. The van der Waals surface area contributed by atoms with Gasteiger partial charge in [0.15, 0.2) is 0 Å². The van der Waals surface area contributed by atoms with Gasteiger partial charge in [0.1, 0.15) is 0 Å². The average Bonchev–Trinajstić information content (AvgIpc) is 2.34. The van der Waals surface area contributed by atoms with Gasteiger partial charge in [0.05, 0.1) is 7.11 Å². The van der Waals surface area contributed by atoms with Crippen molar-refractivity contribution in [2.24, 2.45) is 0 Å². The van der Waals surface area contributed by atoms with E-state index in [4.69, 9.17) is 0 Å². The second kappa shape index (κ2) is 6.44. The van der Waals surface area contributed by atoms with Crippen molar-refractivity contribution in [3.8, 4) is 0 Å². The summed E-state index contributed by atoms with van der Waals surface area (Å²) in [6.45, 7) is 0. The highest BCUT2D eigenvalue weighted by Gasteiger charge is 2.03. The number of carbonyl (C=O) groups excluding carboxylic acids is 2. The molecule has 0 radical (unpaired) electrons. The molecular weight excluding hydrogens is 208 g/mol. The predicted octanol–water partition coefficient (Wildman–Crippen LogP) is 1.01. The van der Waals surface area contributed by atoms with Crippen LogP contribution < -0.4 is 10.9 Å². The molecule has 0 bridgehead atoms. The summed E-state index contributed by atoms with van der Waals surface area (Å²) in [5, 5.41) is 0. The number of aryl methyl sites for hydroxylation is 1. The number of rotatable bonds is 3. The van der Waals surface area contributed by atoms with E-state index in [2.05, 4.69) is 15.6 Å². The van der Waals surface area contributed by atoms with Gasteiger partial charge < -0.3 is 4.74 Å². The Morgan fingerprint density at radius 3 is 2.50 bits per heavy atom. The maximum atomic E-state index is 11.3. The average molecular weight is 222 g/mol. The van der Waals surface area contributed by atoms with E-state index in [1.54, 1.807) is 0 Å². The first-order chi connectivity index (χ1) is 7.72. The van der Waals surface area contributed by atoms with E-state index in [1.165, 1.54) is 7.11 Å². The molecule has 0 aliphatic rings. The fourth-order valence-corrected chi connectivity index (χ4v) is 1.14. The molecule has 5 heteroatoms. The number of hydrogen-bond donors (Lipinski definition) is 2. The van der Waals surface area contributed by atoms with Gasteiger partial charge in [-0.3, -0.25) is 10.2 Å². The third-order valence-electron chi connectivity index (χ3n) is 1.97. The van der Waals surface area contributed by atoms with Crippen molar-refractivity contribution < 1.29 is 14.3 Å². The quantitative estimate of drug-likeness (QED) is 0.750. The minimum absolute atomic E-state index is 0.255. The van der Waals surface area contributed by atoms with Crippen molar-refractivity contribution >= 4 is 12.0 Å². The highest BCUT2D eigenvalue weighted by molar-refractivity contribution is 5.79. The Balaban J connectivity index is 2.23. The molecule has 0 heterocycles. The van der Waals surface area contributed by atoms with E-state index in [9.17, 15) is 9.59 Å². The predicted molar refractivity (Wildman–Crippen MR) is 58.4 cm³/mol. The largest absolute Gasteiger partial charge is 0.452 e. The lowest BCUT2D eigenvalue weighted by Gasteiger charge is -2.05. The number of carbonyl (C=O) groups is 2. The molecule has 1 aromatic rings. The van der Waals surface area contributed by atoms with E-state index >= 15 is 0 Å². The van der Waals surface area contributed by atoms with Crippen molar-refractivity contribution in [2.45, 2.75) is 12.8 Å². The van der Waals surface area contributed by atoms with Crippen molar-refractivity contribution in [1.29, 1.82) is 0 Å². The highest BCUT2D eigenvalue weighted by atomic mass is 16.5. The monoisotopic (exact) mass is 222 g/mol. The zero-order valence-electron chi connectivity index (χ0n) is 9.03. The lowest BCUT2D eigenvalue weighted by Crippen LogP contribution is -2.41. The van der Waals surface area contributed by atoms with Crippen molar-refractivity contribution in [2.75, 3.05) is 7.11 Å². The fraction of sp³-hybridized carbons (Fsp3) is 0.273. The number of ether oxygens (including phenoxy) is 1. The first kappa shape index (κ1) is 12.0. The topological polar surface area (TPSA) is 67.4 Å². The zero-order valence-corrected chi connectivity index (χ0v) is 9.03. The molecule has 2 N–H and O–H groups in total. The fourth-order valence-electron chi connectivity index (χ4n) is 1.14. The Morgan fingerprint density at radius 2 is 1.88 bits per heavy atom. The number of amides is 2. The summed E-state index contributed by atoms with van der Waals surface area (Å²) in [6, 6.07) is 9.64. The van der Waals surface area contributed by atoms with Crippen LogP contribution >= 0.6 is 0 Å². The molecule has 2 amide bonds. The van der Waals surface area contributed by atoms with Gasteiger partial charge in [0.2, 0.25) is 5.91 Å². The van der Waals surface area contributed by atoms with E-state index in [0.717, 1.165) is 5.56 Å². The van der Waals surface area contributed by atoms with E-state index in [1.807, 2.05) is 30.3 Å². The van der Waals surface area contributed by atoms with Crippen molar-refractivity contribution in [3.63, 3.8) is 0 Å². The molecule has 0 atom stereocenters. The third kappa shape index (κ3) is 4.45. The van der Waals surface area contributed by atoms with Crippen LogP contribution in [-0.2, 0) is 16.0 Å². The lowest BCUT2D eigenvalue weighted by atomic mass is 10.1. The summed E-state index contributed by atoms with van der Waals surface area (Å²) in [6.07, 6.45) is 0.261. The first-order valence-electron chi connectivity index (χ1n) is 4.89. The Bertz CT molecular complexity index is 352. The molecule has 1 rings (SSSR count). The molecule has 5 nitrogen and oxygen atoms in total. The minimum atomic E-state index is -0.687. The molecule has 16 heavy (non-hydrogen) atoms. The SMILES string of the molecule is COC(=O)NNC(=O)CCc1ccccc1. The lowest BCUT2D eigenvalue weighted by molar-refractivity contribution is -0.121. The smallest absolute Gasteiger partial charge is 0.425 e. The zero-order chi connectivity index (χ0) is 11.8. The second-order valence-corrected chi connectivity index (χ2v) is 3.15. The van der Waals surface area contributed by atoms with Crippen LogP contribution in [0.4, 0.5) is 4.79 Å². The highest BCUT2D eigenvalue weighted by Crippen LogP contribution is 2.01. The first-order valence-corrected chi connectivity index (χ1v) is 4.89. The molecule has 0 unspecified atom stereocenters. The van der Waals surface area contributed by atoms with Crippen LogP contribution in [0, 0.1) is 0 Å². The van der Waals surface area contributed by atoms with Crippen molar-refractivity contribution in [1.82, 2.24) is 10.9 Å². The summed E-state index contributed by atoms with van der Waals surface area (Å²) in [4.78, 5) is 21.9. The minimum Gasteiger partial charge on any atom is -0.452 e. The molecule has 0 aliphatic heterocycles. The van der Waals surface area contributed by atoms with Gasteiger partial charge in [-0.1, -0.05) is 30.3 Å². The van der Waals surface area contributed by atoms with E-state index < -0.39 is 6.09 Å². The molecule has 0 spiro atoms. The summed E-state index contributed by atoms with van der Waals surface area (Å²) in [5.41, 5.74) is 5.43. The van der Waals surface area contributed by atoms with Gasteiger partial charge in [-0.15, -0.1) is 0 Å². The molecule has 1 aromatic carbocycles. The van der Waals surface area contributed by atoms with Crippen LogP contribution in [0.1, 0.15) is 12.0 Å². The summed E-state index contributed by atoms with van der Waals surface area (Å²) < 4.78 is 4.30. The van der Waals surface area contributed by atoms with Crippen LogP contribution in [0.3, 0.4) is 0 Å². The Hall–Kier alpha value is -2.04. The van der Waals surface area contributed by atoms with Gasteiger partial charge in [-0.2, -0.15) is 0 Å². The van der Waals surface area contributed by atoms with Crippen LogP contribution in [0.2, 0.25) is 0 Å². The maximum Gasteiger partial charge on any atom is 0.425 e. The van der Waals surface area contributed by atoms with Crippen LogP contribution in [0.25, 0.3) is 0 Å². The van der Waals surface area contributed by atoms with Gasteiger partial charge in [0, 0.05) is 6.42 Å². The summed E-state index contributed by atoms with van der Waals surface area (Å²) in [5.74, 6) is -0.255. The number of methoxy groups -OCH3 is 1. The van der Waals surface area contributed by atoms with Gasteiger partial charge in [-0.25, -0.2) is 10.2 Å². The van der Waals surface area contributed by atoms with Crippen LogP contribution in [-0.4, -0.2) is 19.1 Å². The normalized spacial score (nSPS) is 9.31. The summed E-state index contributed by atoms with van der Waals surface area (Å²) in [7, 11) is 1.23. The second-order valence-electron chi connectivity index (χ2n) is 3.15. The van der Waals surface area contributed by atoms with Gasteiger partial charge in [0.25, 0.3) is 0 Å². The van der Waals surface area contributed by atoms with Crippen LogP contribution in [0.15, 0.2) is 30.3 Å². The number of hydrogen-bond acceptors (Lipinski definition) is 3. The molecule has 0 saturated carbocycles. The maximum absolute atomic E-state index is 11.3. The Kier molecular flexibility index (Phi) is 4.85. The molecule has 0 aliphatic carbocycles. The van der Waals surface area contributed by atoms with Gasteiger partial charge >= 0.3 is 6.09 Å². The Labute approximate surface area is 93.8 Å². The van der Waals surface area contributed by atoms with E-state index in [-0.39, 0.29) is 5.91 Å². The molecule has 0 saturated heterocycles. The Morgan fingerprint density at radius 1 is 1.19 bits per heavy atom. The summed E-state index contributed by atoms with van der Waals surface area (Å²) >= 11 is 0. The van der Waals surface area contributed by atoms with Crippen LogP contribution in [0.5, 0.6) is 0 Å². The van der Waals surface area contributed by atoms with E-state index in [0.29, 0.717) is 12.8 Å². The number of hydrazine groups is 1. The standard InChI is InChI=1S/C11H14N2O3/c1-16-11(15)13-12-10(14)8-7-9-5-3-2-4-6-9/h2-6H,7-8H2,1H3,(H,12,14)(H,13,15). The number of nitrogens with one attached hydrogen (secondary N) is 2.